The molecule has 0 saturated heterocycles. The zero-order valence-corrected chi connectivity index (χ0v) is 15.5. The highest BCUT2D eigenvalue weighted by Gasteiger charge is 2.29. The number of carbonyl (C=O) groups is 3. The van der Waals surface area contributed by atoms with Crippen molar-refractivity contribution in [2.24, 2.45) is 5.92 Å². The van der Waals surface area contributed by atoms with Crippen molar-refractivity contribution >= 4 is 46.7 Å². The monoisotopic (exact) mass is 385 g/mol. The van der Waals surface area contributed by atoms with Gasteiger partial charge in [0.1, 0.15) is 5.03 Å². The maximum absolute atomic E-state index is 12.1. The zero-order chi connectivity index (χ0) is 19.2. The molecule has 0 bridgehead atoms. The molecule has 1 aromatic heterocycles. The van der Waals surface area contributed by atoms with Gasteiger partial charge in [-0.2, -0.15) is 0 Å². The van der Waals surface area contributed by atoms with Crippen molar-refractivity contribution in [3.05, 3.63) is 36.4 Å². The third kappa shape index (κ3) is 6.07. The van der Waals surface area contributed by atoms with Crippen LogP contribution in [0.2, 0.25) is 0 Å². The number of thioether (sulfide) groups is 1. The van der Waals surface area contributed by atoms with Gasteiger partial charge >= 0.3 is 0 Å². The van der Waals surface area contributed by atoms with Gasteiger partial charge in [-0.3, -0.25) is 14.4 Å². The fraction of sp³-hybridized carbons (Fsp3) is 0.278. The van der Waals surface area contributed by atoms with Crippen molar-refractivity contribution in [2.45, 2.75) is 24.8 Å². The molecule has 1 heterocycles. The third-order valence-electron chi connectivity index (χ3n) is 3.66. The molecule has 27 heavy (non-hydrogen) atoms. The van der Waals surface area contributed by atoms with Crippen LogP contribution in [0, 0.1) is 5.92 Å². The van der Waals surface area contributed by atoms with Gasteiger partial charge in [0.2, 0.25) is 17.7 Å². The summed E-state index contributed by atoms with van der Waals surface area (Å²) in [6, 6.07) is 10.3. The summed E-state index contributed by atoms with van der Waals surface area (Å²) in [5.41, 5.74) is 1.21. The predicted molar refractivity (Wildman–Crippen MR) is 103 cm³/mol. The van der Waals surface area contributed by atoms with Crippen molar-refractivity contribution < 1.29 is 14.4 Å². The molecule has 9 heteroatoms. The van der Waals surface area contributed by atoms with Gasteiger partial charge in [-0.15, -0.1) is 10.2 Å². The minimum absolute atomic E-state index is 0.0226. The molecule has 3 rings (SSSR count). The fourth-order valence-corrected chi connectivity index (χ4v) is 2.87. The molecule has 8 nitrogen and oxygen atoms in total. The summed E-state index contributed by atoms with van der Waals surface area (Å²) in [7, 11) is 0. The van der Waals surface area contributed by atoms with Crippen LogP contribution in [0.15, 0.2) is 41.4 Å². The highest BCUT2D eigenvalue weighted by molar-refractivity contribution is 7.99. The summed E-state index contributed by atoms with van der Waals surface area (Å²) in [6.07, 6.45) is 1.85. The van der Waals surface area contributed by atoms with Crippen LogP contribution in [0.1, 0.15) is 19.8 Å². The average Bonchev–Trinajstić information content (AvgIpc) is 3.46. The first kappa shape index (κ1) is 18.8. The van der Waals surface area contributed by atoms with Gasteiger partial charge in [0.15, 0.2) is 5.82 Å². The Morgan fingerprint density at radius 2 is 1.78 bits per heavy atom. The van der Waals surface area contributed by atoms with Crippen LogP contribution in [0.25, 0.3) is 0 Å². The molecule has 1 fully saturated rings. The normalized spacial score (nSPS) is 12.9. The number of carbonyl (C=O) groups excluding carboxylic acids is 3. The molecule has 0 aliphatic heterocycles. The highest BCUT2D eigenvalue weighted by Crippen LogP contribution is 2.30. The lowest BCUT2D eigenvalue weighted by atomic mass is 10.2. The quantitative estimate of drug-likeness (QED) is 0.631. The summed E-state index contributed by atoms with van der Waals surface area (Å²) < 4.78 is 0. The van der Waals surface area contributed by atoms with Crippen molar-refractivity contribution in [3.8, 4) is 0 Å². The summed E-state index contributed by atoms with van der Waals surface area (Å²) >= 11 is 1.24. The lowest BCUT2D eigenvalue weighted by Gasteiger charge is -2.08. The third-order valence-corrected chi connectivity index (χ3v) is 4.58. The van der Waals surface area contributed by atoms with Crippen LogP contribution < -0.4 is 16.0 Å². The molecule has 1 aromatic carbocycles. The second kappa shape index (κ2) is 8.63. The number of aromatic nitrogens is 2. The van der Waals surface area contributed by atoms with Crippen LogP contribution in [-0.4, -0.2) is 33.7 Å². The van der Waals surface area contributed by atoms with E-state index in [0.717, 1.165) is 12.8 Å². The van der Waals surface area contributed by atoms with Gasteiger partial charge in [-0.1, -0.05) is 17.8 Å². The number of amides is 3. The summed E-state index contributed by atoms with van der Waals surface area (Å²) in [5, 5.41) is 16.7. The van der Waals surface area contributed by atoms with Gasteiger partial charge in [0, 0.05) is 24.2 Å². The Bertz CT molecular complexity index is 852. The van der Waals surface area contributed by atoms with E-state index in [4.69, 9.17) is 0 Å². The molecule has 0 radical (unpaired) electrons. The van der Waals surface area contributed by atoms with Crippen LogP contribution in [0.5, 0.6) is 0 Å². The van der Waals surface area contributed by atoms with Crippen molar-refractivity contribution in [3.63, 3.8) is 0 Å². The van der Waals surface area contributed by atoms with Crippen molar-refractivity contribution in [1.29, 1.82) is 0 Å². The Morgan fingerprint density at radius 3 is 2.41 bits per heavy atom. The van der Waals surface area contributed by atoms with Crippen LogP contribution in [-0.2, 0) is 14.4 Å². The van der Waals surface area contributed by atoms with E-state index in [1.54, 1.807) is 36.4 Å². The number of hydrogen-bond donors (Lipinski definition) is 3. The molecule has 1 aliphatic carbocycles. The Morgan fingerprint density at radius 1 is 1.04 bits per heavy atom. The van der Waals surface area contributed by atoms with E-state index in [-0.39, 0.29) is 29.4 Å². The van der Waals surface area contributed by atoms with E-state index in [1.807, 2.05) is 0 Å². The molecule has 140 valence electrons. The first-order valence-corrected chi connectivity index (χ1v) is 9.43. The molecule has 3 amide bonds. The fourth-order valence-electron chi connectivity index (χ4n) is 2.25. The van der Waals surface area contributed by atoms with Gasteiger partial charge in [0.05, 0.1) is 5.75 Å². The second-order valence-electron chi connectivity index (χ2n) is 6.12. The van der Waals surface area contributed by atoms with E-state index in [9.17, 15) is 14.4 Å². The van der Waals surface area contributed by atoms with E-state index in [0.29, 0.717) is 22.2 Å². The average molecular weight is 385 g/mol. The molecular weight excluding hydrogens is 366 g/mol. The first-order valence-electron chi connectivity index (χ1n) is 8.44. The summed E-state index contributed by atoms with van der Waals surface area (Å²) in [4.78, 5) is 34.8. The Kier molecular flexibility index (Phi) is 6.02. The molecule has 0 spiro atoms. The number of nitrogens with zero attached hydrogens (tertiary/aromatic N) is 2. The summed E-state index contributed by atoms with van der Waals surface area (Å²) in [5.74, 6) is 0.277. The first-order chi connectivity index (χ1) is 13.0. The predicted octanol–water partition coefficient (Wildman–Crippen LogP) is 2.51. The zero-order valence-electron chi connectivity index (χ0n) is 14.7. The van der Waals surface area contributed by atoms with Crippen molar-refractivity contribution in [1.82, 2.24) is 10.2 Å². The van der Waals surface area contributed by atoms with Gasteiger partial charge in [0.25, 0.3) is 0 Å². The van der Waals surface area contributed by atoms with Crippen molar-refractivity contribution in [2.75, 3.05) is 21.7 Å². The number of benzene rings is 1. The van der Waals surface area contributed by atoms with E-state index in [1.165, 1.54) is 18.7 Å². The maximum Gasteiger partial charge on any atom is 0.234 e. The number of nitrogens with one attached hydrogen (secondary N) is 3. The van der Waals surface area contributed by atoms with E-state index in [2.05, 4.69) is 26.1 Å². The second-order valence-corrected chi connectivity index (χ2v) is 7.11. The van der Waals surface area contributed by atoms with Crippen LogP contribution in [0.3, 0.4) is 0 Å². The molecule has 3 N–H and O–H groups in total. The largest absolute Gasteiger partial charge is 0.326 e. The molecule has 1 aliphatic rings. The minimum Gasteiger partial charge on any atom is -0.326 e. The Balaban J connectivity index is 1.47. The standard InChI is InChI=1S/C18H19N5O3S/c1-11(24)19-13-3-2-4-14(9-13)20-16(25)10-27-17-8-7-15(22-23-17)21-18(26)12-5-6-12/h2-4,7-9,12H,5-6,10H2,1H3,(H,19,24)(H,20,25)(H,21,22,26). The molecular formula is C18H19N5O3S. The Hall–Kier alpha value is -2.94. The molecule has 0 unspecified atom stereocenters. The molecule has 2 aromatic rings. The maximum atomic E-state index is 12.1. The SMILES string of the molecule is CC(=O)Nc1cccc(NC(=O)CSc2ccc(NC(=O)C3CC3)nn2)c1. The van der Waals surface area contributed by atoms with Crippen LogP contribution >= 0.6 is 11.8 Å². The topological polar surface area (TPSA) is 113 Å². The van der Waals surface area contributed by atoms with E-state index >= 15 is 0 Å². The number of anilines is 3. The lowest BCUT2D eigenvalue weighted by molar-refractivity contribution is -0.117. The minimum atomic E-state index is -0.201. The van der Waals surface area contributed by atoms with E-state index < -0.39 is 0 Å². The van der Waals surface area contributed by atoms with Gasteiger partial charge in [-0.25, -0.2) is 0 Å². The van der Waals surface area contributed by atoms with Gasteiger partial charge in [-0.05, 0) is 43.2 Å². The summed E-state index contributed by atoms with van der Waals surface area (Å²) in [6.45, 7) is 1.42. The van der Waals surface area contributed by atoms with Gasteiger partial charge < -0.3 is 16.0 Å². The Labute approximate surface area is 160 Å². The lowest BCUT2D eigenvalue weighted by Crippen LogP contribution is -2.15. The number of hydrogen-bond acceptors (Lipinski definition) is 6. The number of rotatable bonds is 7. The smallest absolute Gasteiger partial charge is 0.234 e. The molecule has 0 atom stereocenters. The van der Waals surface area contributed by atoms with Crippen LogP contribution in [0.4, 0.5) is 17.2 Å². The molecule has 1 saturated carbocycles. The highest BCUT2D eigenvalue weighted by atomic mass is 32.2.